The maximum Gasteiger partial charge on any atom is 0.264 e. The molecule has 1 aliphatic heterocycles. The normalized spacial score (nSPS) is 20.9. The smallest absolute Gasteiger partial charge is 0.264 e. The van der Waals surface area contributed by atoms with E-state index in [9.17, 15) is 4.79 Å². The van der Waals surface area contributed by atoms with E-state index >= 15 is 0 Å². The molecule has 15 heavy (non-hydrogen) atoms. The molecule has 0 aromatic carbocycles. The predicted molar refractivity (Wildman–Crippen MR) is 62.2 cm³/mol. The maximum atomic E-state index is 12.2. The summed E-state index contributed by atoms with van der Waals surface area (Å²) in [4.78, 5) is 15.0. The fourth-order valence-corrected chi connectivity index (χ4v) is 2.95. The summed E-state index contributed by atoms with van der Waals surface area (Å²) in [5, 5.41) is 1.97. The van der Waals surface area contributed by atoms with Crippen LogP contribution in [0.25, 0.3) is 0 Å². The fourth-order valence-electron chi connectivity index (χ4n) is 2.07. The molecule has 1 amide bonds. The summed E-state index contributed by atoms with van der Waals surface area (Å²) in [5.41, 5.74) is 6.74. The molecule has 1 atom stereocenters. The summed E-state index contributed by atoms with van der Waals surface area (Å²) in [7, 11) is 0. The van der Waals surface area contributed by atoms with Crippen molar-refractivity contribution in [1.29, 1.82) is 0 Å². The van der Waals surface area contributed by atoms with Crippen molar-refractivity contribution in [3.05, 3.63) is 21.9 Å². The van der Waals surface area contributed by atoms with Gasteiger partial charge in [0, 0.05) is 19.1 Å². The minimum absolute atomic E-state index is 0.162. The zero-order valence-corrected chi connectivity index (χ0v) is 9.72. The Kier molecular flexibility index (Phi) is 3.07. The van der Waals surface area contributed by atoms with Crippen LogP contribution in [0.2, 0.25) is 0 Å². The Hall–Kier alpha value is -0.870. The Balaban J connectivity index is 2.18. The van der Waals surface area contributed by atoms with Gasteiger partial charge in [0.15, 0.2) is 0 Å². The van der Waals surface area contributed by atoms with E-state index in [0.29, 0.717) is 6.54 Å². The number of aryl methyl sites for hydroxylation is 1. The highest BCUT2D eigenvalue weighted by atomic mass is 32.1. The maximum absolute atomic E-state index is 12.2. The third-order valence-corrected chi connectivity index (χ3v) is 3.97. The second-order valence-corrected chi connectivity index (χ2v) is 4.88. The highest BCUT2D eigenvalue weighted by Crippen LogP contribution is 2.23. The first kappa shape index (κ1) is 10.6. The van der Waals surface area contributed by atoms with Crippen LogP contribution in [0.1, 0.15) is 28.1 Å². The summed E-state index contributed by atoms with van der Waals surface area (Å²) in [6.45, 7) is 3.42. The van der Waals surface area contributed by atoms with Gasteiger partial charge < -0.3 is 10.6 Å². The number of amides is 1. The second-order valence-electron chi connectivity index (χ2n) is 3.96. The van der Waals surface area contributed by atoms with Crippen molar-refractivity contribution in [3.63, 3.8) is 0 Å². The predicted octanol–water partition coefficient (Wildman–Crippen LogP) is 1.62. The zero-order valence-electron chi connectivity index (χ0n) is 8.90. The van der Waals surface area contributed by atoms with Gasteiger partial charge in [-0.2, -0.15) is 0 Å². The zero-order chi connectivity index (χ0) is 10.8. The molecule has 0 aliphatic carbocycles. The molecule has 2 heterocycles. The van der Waals surface area contributed by atoms with Crippen LogP contribution in [0.3, 0.4) is 0 Å². The van der Waals surface area contributed by atoms with E-state index in [2.05, 4.69) is 0 Å². The molecule has 1 saturated heterocycles. The molecule has 1 aromatic rings. The van der Waals surface area contributed by atoms with Crippen LogP contribution in [0.5, 0.6) is 0 Å². The Morgan fingerprint density at radius 2 is 2.53 bits per heavy atom. The number of nitrogens with two attached hydrogens (primary N) is 1. The monoisotopic (exact) mass is 224 g/mol. The van der Waals surface area contributed by atoms with E-state index in [4.69, 9.17) is 5.73 Å². The molecule has 1 aromatic heterocycles. The molecule has 0 saturated carbocycles. The van der Waals surface area contributed by atoms with Gasteiger partial charge in [-0.05, 0) is 36.8 Å². The molecule has 2 N–H and O–H groups in total. The number of hydrogen-bond donors (Lipinski definition) is 1. The molecule has 1 aliphatic rings. The second kappa shape index (κ2) is 4.33. The average Bonchev–Trinajstić information content (AvgIpc) is 2.84. The average molecular weight is 224 g/mol. The number of carbonyl (C=O) groups is 1. The first-order chi connectivity index (χ1) is 7.24. The topological polar surface area (TPSA) is 46.3 Å². The Labute approximate surface area is 93.9 Å². The molecule has 3 nitrogen and oxygen atoms in total. The van der Waals surface area contributed by atoms with Gasteiger partial charge in [-0.3, -0.25) is 4.79 Å². The van der Waals surface area contributed by atoms with E-state index in [1.807, 2.05) is 23.3 Å². The van der Waals surface area contributed by atoms with Crippen LogP contribution in [0.15, 0.2) is 11.4 Å². The lowest BCUT2D eigenvalue weighted by atomic mass is 10.2. The number of carbonyl (C=O) groups excluding carboxylic acids is 1. The number of thiophene rings is 1. The largest absolute Gasteiger partial charge is 0.334 e. The van der Waals surface area contributed by atoms with Gasteiger partial charge in [0.05, 0.1) is 4.88 Å². The quantitative estimate of drug-likeness (QED) is 0.829. The van der Waals surface area contributed by atoms with Crippen LogP contribution < -0.4 is 5.73 Å². The molecular formula is C11H16N2OS. The van der Waals surface area contributed by atoms with Gasteiger partial charge in [-0.15, -0.1) is 11.3 Å². The summed E-state index contributed by atoms with van der Waals surface area (Å²) >= 11 is 1.52. The van der Waals surface area contributed by atoms with E-state index in [1.54, 1.807) is 0 Å². The number of hydrogen-bond acceptors (Lipinski definition) is 3. The van der Waals surface area contributed by atoms with Crippen molar-refractivity contribution >= 4 is 17.2 Å². The van der Waals surface area contributed by atoms with Gasteiger partial charge in [0.1, 0.15) is 0 Å². The van der Waals surface area contributed by atoms with Crippen LogP contribution >= 0.6 is 11.3 Å². The van der Waals surface area contributed by atoms with Gasteiger partial charge >= 0.3 is 0 Å². The lowest BCUT2D eigenvalue weighted by Gasteiger charge is -2.23. The summed E-state index contributed by atoms with van der Waals surface area (Å²) < 4.78 is 0. The SMILES string of the molecule is Cc1ccsc1C(=O)N1CCCC1CN. The number of likely N-dealkylation sites (tertiary alicyclic amines) is 1. The van der Waals surface area contributed by atoms with Crippen LogP contribution in [0, 0.1) is 6.92 Å². The van der Waals surface area contributed by atoms with E-state index in [1.165, 1.54) is 11.3 Å². The highest BCUT2D eigenvalue weighted by Gasteiger charge is 2.29. The molecule has 4 heteroatoms. The Morgan fingerprint density at radius 1 is 1.73 bits per heavy atom. The lowest BCUT2D eigenvalue weighted by molar-refractivity contribution is 0.0745. The molecule has 0 radical (unpaired) electrons. The Bertz CT molecular complexity index is 361. The summed E-state index contributed by atoms with van der Waals surface area (Å²) in [6.07, 6.45) is 2.13. The fraction of sp³-hybridized carbons (Fsp3) is 0.545. The highest BCUT2D eigenvalue weighted by molar-refractivity contribution is 7.12. The Morgan fingerprint density at radius 3 is 3.13 bits per heavy atom. The van der Waals surface area contributed by atoms with Crippen LogP contribution in [-0.4, -0.2) is 29.9 Å². The number of nitrogens with zero attached hydrogens (tertiary/aromatic N) is 1. The van der Waals surface area contributed by atoms with Crippen molar-refractivity contribution < 1.29 is 4.79 Å². The lowest BCUT2D eigenvalue weighted by Crippen LogP contribution is -2.39. The van der Waals surface area contributed by atoms with Gasteiger partial charge in [-0.25, -0.2) is 0 Å². The molecule has 0 spiro atoms. The molecule has 0 bridgehead atoms. The first-order valence-corrected chi connectivity index (χ1v) is 6.17. The standard InChI is InChI=1S/C11H16N2OS/c1-8-4-6-15-10(8)11(14)13-5-2-3-9(13)7-12/h4,6,9H,2-3,5,7,12H2,1H3. The van der Waals surface area contributed by atoms with E-state index < -0.39 is 0 Å². The van der Waals surface area contributed by atoms with Gasteiger partial charge in [0.2, 0.25) is 0 Å². The van der Waals surface area contributed by atoms with Gasteiger partial charge in [0.25, 0.3) is 5.91 Å². The van der Waals surface area contributed by atoms with Crippen molar-refractivity contribution in [2.45, 2.75) is 25.8 Å². The van der Waals surface area contributed by atoms with Gasteiger partial charge in [-0.1, -0.05) is 0 Å². The van der Waals surface area contributed by atoms with Crippen molar-refractivity contribution in [3.8, 4) is 0 Å². The van der Waals surface area contributed by atoms with Crippen molar-refractivity contribution in [2.24, 2.45) is 5.73 Å². The van der Waals surface area contributed by atoms with Crippen LogP contribution in [-0.2, 0) is 0 Å². The third kappa shape index (κ3) is 1.92. The van der Waals surface area contributed by atoms with Crippen LogP contribution in [0.4, 0.5) is 0 Å². The van der Waals surface area contributed by atoms with E-state index in [0.717, 1.165) is 29.8 Å². The van der Waals surface area contributed by atoms with E-state index in [-0.39, 0.29) is 11.9 Å². The first-order valence-electron chi connectivity index (χ1n) is 5.29. The van der Waals surface area contributed by atoms with Crippen molar-refractivity contribution in [2.75, 3.05) is 13.1 Å². The summed E-state index contributed by atoms with van der Waals surface area (Å²) in [5.74, 6) is 0.162. The van der Waals surface area contributed by atoms with Crippen molar-refractivity contribution in [1.82, 2.24) is 4.90 Å². The molecule has 1 unspecified atom stereocenters. The number of rotatable bonds is 2. The molecule has 2 rings (SSSR count). The minimum atomic E-state index is 0.162. The molecule has 1 fully saturated rings. The molecular weight excluding hydrogens is 208 g/mol. The summed E-state index contributed by atoms with van der Waals surface area (Å²) in [6, 6.07) is 2.24. The molecule has 82 valence electrons. The third-order valence-electron chi connectivity index (χ3n) is 2.97. The minimum Gasteiger partial charge on any atom is -0.334 e.